The fourth-order valence-corrected chi connectivity index (χ4v) is 2.59. The Morgan fingerprint density at radius 1 is 1.36 bits per heavy atom. The fraction of sp³-hybridized carbons (Fsp3) is 0.667. The Labute approximate surface area is 91.5 Å². The quantitative estimate of drug-likeness (QED) is 0.787. The first-order chi connectivity index (χ1) is 6.65. The van der Waals surface area contributed by atoms with Crippen LogP contribution in [0.1, 0.15) is 36.4 Å². The molecular weight excluding hydrogens is 190 g/mol. The predicted molar refractivity (Wildman–Crippen MR) is 65.2 cm³/mol. The highest BCUT2D eigenvalue weighted by atomic mass is 32.1. The maximum atomic E-state index is 3.41. The molecule has 2 heteroatoms. The maximum absolute atomic E-state index is 3.41. The normalized spacial score (nSPS) is 15.4. The molecule has 1 N–H and O–H groups in total. The van der Waals surface area contributed by atoms with E-state index in [1.807, 2.05) is 11.3 Å². The summed E-state index contributed by atoms with van der Waals surface area (Å²) in [4.78, 5) is 2.94. The van der Waals surface area contributed by atoms with Gasteiger partial charge in [-0.05, 0) is 44.0 Å². The number of hydrogen-bond donors (Lipinski definition) is 1. The summed E-state index contributed by atoms with van der Waals surface area (Å²) in [6.45, 7) is 11.2. The summed E-state index contributed by atoms with van der Waals surface area (Å²) in [7, 11) is 0. The zero-order valence-electron chi connectivity index (χ0n) is 9.63. The van der Waals surface area contributed by atoms with Gasteiger partial charge in [0.15, 0.2) is 0 Å². The number of rotatable bonds is 5. The van der Waals surface area contributed by atoms with Gasteiger partial charge in [0, 0.05) is 9.75 Å². The van der Waals surface area contributed by atoms with Gasteiger partial charge >= 0.3 is 0 Å². The van der Waals surface area contributed by atoms with Crippen molar-refractivity contribution in [1.29, 1.82) is 0 Å². The molecule has 0 aromatic carbocycles. The Morgan fingerprint density at radius 3 is 2.57 bits per heavy atom. The van der Waals surface area contributed by atoms with E-state index < -0.39 is 0 Å². The highest BCUT2D eigenvalue weighted by Gasteiger charge is 2.14. The summed E-state index contributed by atoms with van der Waals surface area (Å²) in [6, 6.07) is 4.49. The molecule has 2 unspecified atom stereocenters. The monoisotopic (exact) mass is 211 g/mol. The van der Waals surface area contributed by atoms with Crippen molar-refractivity contribution in [2.75, 3.05) is 13.1 Å². The van der Waals surface area contributed by atoms with Crippen LogP contribution in [0.3, 0.4) is 0 Å². The molecule has 0 fully saturated rings. The lowest BCUT2D eigenvalue weighted by Gasteiger charge is -2.18. The second-order valence-electron chi connectivity index (χ2n) is 4.02. The van der Waals surface area contributed by atoms with Gasteiger partial charge in [-0.1, -0.05) is 20.8 Å². The van der Waals surface area contributed by atoms with E-state index in [4.69, 9.17) is 0 Å². The Bertz CT molecular complexity index is 267. The van der Waals surface area contributed by atoms with Gasteiger partial charge in [-0.3, -0.25) is 0 Å². The molecule has 0 radical (unpaired) electrons. The smallest absolute Gasteiger partial charge is 0.00794 e. The lowest BCUT2D eigenvalue weighted by atomic mass is 9.94. The van der Waals surface area contributed by atoms with Crippen molar-refractivity contribution in [3.8, 4) is 0 Å². The molecule has 0 saturated heterocycles. The average molecular weight is 211 g/mol. The summed E-state index contributed by atoms with van der Waals surface area (Å²) in [5.41, 5.74) is 0. The Hall–Kier alpha value is -0.340. The number of hydrogen-bond acceptors (Lipinski definition) is 2. The predicted octanol–water partition coefficient (Wildman–Crippen LogP) is 3.41. The van der Waals surface area contributed by atoms with Crippen molar-refractivity contribution in [2.24, 2.45) is 5.92 Å². The summed E-state index contributed by atoms with van der Waals surface area (Å²) in [5, 5.41) is 3.41. The zero-order chi connectivity index (χ0) is 10.6. The van der Waals surface area contributed by atoms with E-state index in [0.717, 1.165) is 13.1 Å². The highest BCUT2D eigenvalue weighted by Crippen LogP contribution is 2.29. The molecule has 0 aliphatic rings. The second kappa shape index (κ2) is 5.52. The van der Waals surface area contributed by atoms with E-state index in [-0.39, 0.29) is 0 Å². The van der Waals surface area contributed by atoms with Gasteiger partial charge in [0.25, 0.3) is 0 Å². The van der Waals surface area contributed by atoms with E-state index in [0.29, 0.717) is 11.8 Å². The van der Waals surface area contributed by atoms with Gasteiger partial charge in [0.05, 0.1) is 0 Å². The topological polar surface area (TPSA) is 12.0 Å². The third-order valence-electron chi connectivity index (χ3n) is 2.78. The van der Waals surface area contributed by atoms with Crippen LogP contribution in [0, 0.1) is 12.8 Å². The minimum Gasteiger partial charge on any atom is -0.317 e. The number of nitrogens with one attached hydrogen (secondary N) is 1. The van der Waals surface area contributed by atoms with Crippen molar-refractivity contribution >= 4 is 11.3 Å². The molecule has 1 aromatic rings. The molecule has 0 aliphatic heterocycles. The van der Waals surface area contributed by atoms with Crippen LogP contribution in [0.2, 0.25) is 0 Å². The minimum atomic E-state index is 0.674. The SMILES string of the molecule is CCNCC(C)C(C)c1ccc(C)s1. The van der Waals surface area contributed by atoms with E-state index >= 15 is 0 Å². The Morgan fingerprint density at radius 2 is 2.07 bits per heavy atom. The molecule has 0 amide bonds. The summed E-state index contributed by atoms with van der Waals surface area (Å²) in [5.74, 6) is 1.39. The van der Waals surface area contributed by atoms with E-state index in [1.165, 1.54) is 9.75 Å². The van der Waals surface area contributed by atoms with Gasteiger partial charge < -0.3 is 5.32 Å². The number of thiophene rings is 1. The van der Waals surface area contributed by atoms with E-state index in [9.17, 15) is 0 Å². The first kappa shape index (κ1) is 11.7. The largest absolute Gasteiger partial charge is 0.317 e. The summed E-state index contributed by atoms with van der Waals surface area (Å²) >= 11 is 1.93. The van der Waals surface area contributed by atoms with Gasteiger partial charge in [-0.2, -0.15) is 0 Å². The highest BCUT2D eigenvalue weighted by molar-refractivity contribution is 7.12. The molecule has 0 spiro atoms. The molecule has 80 valence electrons. The molecule has 1 rings (SSSR count). The molecule has 1 heterocycles. The van der Waals surface area contributed by atoms with Gasteiger partial charge in [-0.15, -0.1) is 11.3 Å². The van der Waals surface area contributed by atoms with E-state index in [2.05, 4.69) is 45.1 Å². The third-order valence-corrected chi connectivity index (χ3v) is 3.98. The van der Waals surface area contributed by atoms with Crippen LogP contribution in [0.25, 0.3) is 0 Å². The Balaban J connectivity index is 2.51. The molecule has 0 saturated carbocycles. The zero-order valence-corrected chi connectivity index (χ0v) is 10.4. The first-order valence-corrected chi connectivity index (χ1v) is 6.23. The van der Waals surface area contributed by atoms with Crippen LogP contribution in [-0.2, 0) is 0 Å². The second-order valence-corrected chi connectivity index (χ2v) is 5.34. The molecule has 2 atom stereocenters. The maximum Gasteiger partial charge on any atom is 0.00794 e. The minimum absolute atomic E-state index is 0.674. The molecule has 0 bridgehead atoms. The lowest BCUT2D eigenvalue weighted by molar-refractivity contribution is 0.458. The molecule has 1 nitrogen and oxygen atoms in total. The van der Waals surface area contributed by atoms with Crippen LogP contribution in [-0.4, -0.2) is 13.1 Å². The van der Waals surface area contributed by atoms with Crippen LogP contribution in [0.4, 0.5) is 0 Å². The lowest BCUT2D eigenvalue weighted by Crippen LogP contribution is -2.23. The summed E-state index contributed by atoms with van der Waals surface area (Å²) < 4.78 is 0. The summed E-state index contributed by atoms with van der Waals surface area (Å²) in [6.07, 6.45) is 0. The molecular formula is C12H21NS. The van der Waals surface area contributed by atoms with Crippen LogP contribution in [0.5, 0.6) is 0 Å². The van der Waals surface area contributed by atoms with Crippen molar-refractivity contribution in [1.82, 2.24) is 5.32 Å². The van der Waals surface area contributed by atoms with Gasteiger partial charge in [0.1, 0.15) is 0 Å². The van der Waals surface area contributed by atoms with Crippen LogP contribution < -0.4 is 5.32 Å². The Kier molecular flexibility index (Phi) is 4.63. The van der Waals surface area contributed by atoms with Crippen LogP contribution in [0.15, 0.2) is 12.1 Å². The van der Waals surface area contributed by atoms with Crippen molar-refractivity contribution in [3.05, 3.63) is 21.9 Å². The molecule has 14 heavy (non-hydrogen) atoms. The third kappa shape index (κ3) is 3.10. The molecule has 1 aromatic heterocycles. The van der Waals surface area contributed by atoms with E-state index in [1.54, 1.807) is 0 Å². The van der Waals surface area contributed by atoms with Crippen molar-refractivity contribution in [3.63, 3.8) is 0 Å². The average Bonchev–Trinajstić information content (AvgIpc) is 2.60. The van der Waals surface area contributed by atoms with Crippen molar-refractivity contribution in [2.45, 2.75) is 33.6 Å². The molecule has 0 aliphatic carbocycles. The van der Waals surface area contributed by atoms with Crippen LogP contribution >= 0.6 is 11.3 Å². The fourth-order valence-electron chi connectivity index (χ4n) is 1.53. The standard InChI is InChI=1S/C12H21NS/c1-5-13-8-9(2)11(4)12-7-6-10(3)14-12/h6-7,9,11,13H,5,8H2,1-4H3. The number of aryl methyl sites for hydroxylation is 1. The van der Waals surface area contributed by atoms with Crippen molar-refractivity contribution < 1.29 is 0 Å². The first-order valence-electron chi connectivity index (χ1n) is 5.42. The van der Waals surface area contributed by atoms with Gasteiger partial charge in [-0.25, -0.2) is 0 Å². The van der Waals surface area contributed by atoms with Gasteiger partial charge in [0.2, 0.25) is 0 Å².